The summed E-state index contributed by atoms with van der Waals surface area (Å²) in [6.07, 6.45) is 1.43. The van der Waals surface area contributed by atoms with Crippen LogP contribution in [0.25, 0.3) is 11.1 Å². The molecule has 3 atom stereocenters. The first kappa shape index (κ1) is 30.6. The van der Waals surface area contributed by atoms with Crippen LogP contribution in [0.4, 0.5) is 4.79 Å². The Bertz CT molecular complexity index is 1540. The highest BCUT2D eigenvalue weighted by Gasteiger charge is 2.32. The molecule has 0 bridgehead atoms. The number of thioether (sulfide) groups is 1. The predicted octanol–water partition coefficient (Wildman–Crippen LogP) is 3.87. The quantitative estimate of drug-likeness (QED) is 0.231. The third-order valence-corrected chi connectivity index (χ3v) is 8.91. The Morgan fingerprint density at radius 3 is 2.37 bits per heavy atom. The monoisotopic (exact) mass is 625 g/mol. The first-order valence-corrected chi connectivity index (χ1v) is 16.5. The molecule has 1 aliphatic carbocycles. The Balaban J connectivity index is 1.32. The Morgan fingerprint density at radius 1 is 1.05 bits per heavy atom. The minimum atomic E-state index is -4.17. The van der Waals surface area contributed by atoms with Gasteiger partial charge in [-0.15, -0.1) is 0 Å². The second-order valence-electron chi connectivity index (χ2n) is 10.2. The molecule has 1 unspecified atom stereocenters. The normalized spacial score (nSPS) is 18.3. The van der Waals surface area contributed by atoms with E-state index in [4.69, 9.17) is 19.5 Å². The number of phosphoric ester groups is 1. The van der Waals surface area contributed by atoms with Gasteiger partial charge in [0.25, 0.3) is 0 Å². The molecule has 2 aliphatic rings. The summed E-state index contributed by atoms with van der Waals surface area (Å²) in [6.45, 7) is -0.105. The summed E-state index contributed by atoms with van der Waals surface area (Å²) in [6, 6.07) is 18.6. The third kappa shape index (κ3) is 7.22. The molecule has 13 heteroatoms. The van der Waals surface area contributed by atoms with Crippen molar-refractivity contribution in [2.24, 2.45) is 5.73 Å². The zero-order valence-electron chi connectivity index (χ0n) is 23.4. The number of fused-ring (bicyclic) bond motifs is 4. The van der Waals surface area contributed by atoms with Gasteiger partial charge >= 0.3 is 13.9 Å². The van der Waals surface area contributed by atoms with Crippen molar-refractivity contribution < 1.29 is 37.6 Å². The molecule has 5 rings (SSSR count). The molecule has 0 saturated heterocycles. The van der Waals surface area contributed by atoms with E-state index in [0.717, 1.165) is 22.3 Å². The van der Waals surface area contributed by atoms with E-state index in [-0.39, 0.29) is 31.3 Å². The van der Waals surface area contributed by atoms with Gasteiger partial charge in [0.05, 0.1) is 6.61 Å². The lowest BCUT2D eigenvalue weighted by atomic mass is 9.98. The molecule has 3 aromatic carbocycles. The van der Waals surface area contributed by atoms with Crippen LogP contribution >= 0.6 is 19.6 Å². The van der Waals surface area contributed by atoms with Crippen LogP contribution in [-0.2, 0) is 36.4 Å². The van der Waals surface area contributed by atoms with Crippen molar-refractivity contribution in [1.82, 2.24) is 10.6 Å². The molecular weight excluding hydrogens is 593 g/mol. The number of nitrogens with one attached hydrogen (secondary N) is 2. The first-order valence-electron chi connectivity index (χ1n) is 13.6. The SMILES string of the molecule is CSCC[C@H](NC(=O)[C@H](Cc1ccc2c(c1)COP(=O)(O)O2)NC(=O)OCC1c2ccccc2-c2ccccc21)C(N)=O. The maximum absolute atomic E-state index is 13.4. The van der Waals surface area contributed by atoms with E-state index in [2.05, 4.69) is 10.6 Å². The van der Waals surface area contributed by atoms with Crippen molar-refractivity contribution in [1.29, 1.82) is 0 Å². The van der Waals surface area contributed by atoms with Crippen molar-refractivity contribution >= 4 is 37.5 Å². The summed E-state index contributed by atoms with van der Waals surface area (Å²) in [4.78, 5) is 48.1. The molecule has 0 aromatic heterocycles. The lowest BCUT2D eigenvalue weighted by molar-refractivity contribution is -0.128. The Kier molecular flexibility index (Phi) is 9.41. The van der Waals surface area contributed by atoms with Gasteiger partial charge in [0.1, 0.15) is 24.4 Å². The van der Waals surface area contributed by atoms with E-state index in [1.165, 1.54) is 17.8 Å². The molecule has 1 heterocycles. The molecule has 43 heavy (non-hydrogen) atoms. The molecule has 0 spiro atoms. The second kappa shape index (κ2) is 13.2. The molecule has 0 radical (unpaired) electrons. The van der Waals surface area contributed by atoms with Gasteiger partial charge in [-0.3, -0.25) is 19.0 Å². The van der Waals surface area contributed by atoms with Gasteiger partial charge in [0.2, 0.25) is 11.8 Å². The molecule has 1 aliphatic heterocycles. The van der Waals surface area contributed by atoms with Crippen LogP contribution in [0.15, 0.2) is 66.7 Å². The summed E-state index contributed by atoms with van der Waals surface area (Å²) >= 11 is 1.51. The number of carbonyl (C=O) groups excluding carboxylic acids is 3. The zero-order valence-corrected chi connectivity index (χ0v) is 25.1. The summed E-state index contributed by atoms with van der Waals surface area (Å²) in [7, 11) is -4.17. The van der Waals surface area contributed by atoms with E-state index < -0.39 is 37.8 Å². The molecular formula is C30H32N3O8PS. The van der Waals surface area contributed by atoms with E-state index in [0.29, 0.717) is 23.3 Å². The van der Waals surface area contributed by atoms with Gasteiger partial charge < -0.3 is 25.6 Å². The van der Waals surface area contributed by atoms with Crippen LogP contribution in [0.5, 0.6) is 5.75 Å². The van der Waals surface area contributed by atoms with Gasteiger partial charge in [0.15, 0.2) is 0 Å². The van der Waals surface area contributed by atoms with Crippen molar-refractivity contribution in [2.75, 3.05) is 18.6 Å². The third-order valence-electron chi connectivity index (χ3n) is 7.38. The predicted molar refractivity (Wildman–Crippen MR) is 162 cm³/mol. The highest BCUT2D eigenvalue weighted by atomic mass is 32.2. The number of hydrogen-bond acceptors (Lipinski definition) is 8. The number of ether oxygens (including phenoxy) is 1. The number of amides is 3. The number of nitrogens with two attached hydrogens (primary N) is 1. The zero-order chi connectivity index (χ0) is 30.6. The molecule has 3 aromatic rings. The summed E-state index contributed by atoms with van der Waals surface area (Å²) in [5, 5.41) is 5.31. The average molecular weight is 626 g/mol. The number of phosphoric acid groups is 1. The summed E-state index contributed by atoms with van der Waals surface area (Å²) < 4.78 is 27.3. The van der Waals surface area contributed by atoms with Gasteiger partial charge in [-0.1, -0.05) is 54.6 Å². The molecule has 0 fully saturated rings. The fraction of sp³-hybridized carbons (Fsp3) is 0.300. The lowest BCUT2D eigenvalue weighted by Crippen LogP contribution is -2.54. The smallest absolute Gasteiger partial charge is 0.449 e. The van der Waals surface area contributed by atoms with Crippen LogP contribution in [0.1, 0.15) is 34.6 Å². The molecule has 11 nitrogen and oxygen atoms in total. The van der Waals surface area contributed by atoms with Crippen LogP contribution < -0.4 is 20.9 Å². The number of primary amides is 1. The maximum Gasteiger partial charge on any atom is 0.527 e. The standard InChI is InChI=1S/C30H32N3O8PS/c1-43-13-12-25(28(31)34)32-29(35)26(15-18-10-11-27-19(14-18)16-40-42(37,38)41-27)33-30(36)39-17-24-22-8-4-2-6-20(22)21-7-3-5-9-23(21)24/h2-11,14,24-26H,12-13,15-17H2,1H3,(H2,31,34)(H,32,35)(H,33,36)(H,37,38)/t25-,26-/m0/s1. The van der Waals surface area contributed by atoms with Crippen LogP contribution in [0.2, 0.25) is 0 Å². The van der Waals surface area contributed by atoms with Gasteiger partial charge in [0, 0.05) is 17.9 Å². The second-order valence-corrected chi connectivity index (χ2v) is 12.6. The minimum absolute atomic E-state index is 0.0219. The van der Waals surface area contributed by atoms with Crippen LogP contribution in [0.3, 0.4) is 0 Å². The number of hydrogen-bond donors (Lipinski definition) is 4. The number of benzene rings is 3. The topological polar surface area (TPSA) is 166 Å². The van der Waals surface area contributed by atoms with Crippen LogP contribution in [-0.4, -0.2) is 53.5 Å². The number of alkyl carbamates (subject to hydrolysis) is 1. The van der Waals surface area contributed by atoms with Crippen molar-refractivity contribution in [2.45, 2.75) is 37.5 Å². The van der Waals surface area contributed by atoms with E-state index in [9.17, 15) is 23.8 Å². The molecule has 0 saturated carbocycles. The first-order chi connectivity index (χ1) is 20.6. The van der Waals surface area contributed by atoms with E-state index >= 15 is 0 Å². The van der Waals surface area contributed by atoms with Crippen molar-refractivity contribution in [3.63, 3.8) is 0 Å². The summed E-state index contributed by atoms with van der Waals surface area (Å²) in [5.74, 6) is -0.670. The van der Waals surface area contributed by atoms with E-state index in [1.54, 1.807) is 12.1 Å². The Hall–Kier alpha value is -3.83. The van der Waals surface area contributed by atoms with Crippen LogP contribution in [0, 0.1) is 0 Å². The highest BCUT2D eigenvalue weighted by Crippen LogP contribution is 2.50. The number of carbonyl (C=O) groups is 3. The molecule has 3 amide bonds. The minimum Gasteiger partial charge on any atom is -0.449 e. The van der Waals surface area contributed by atoms with E-state index in [1.807, 2.05) is 54.8 Å². The lowest BCUT2D eigenvalue weighted by Gasteiger charge is -2.24. The maximum atomic E-state index is 13.4. The Morgan fingerprint density at radius 2 is 1.72 bits per heavy atom. The van der Waals surface area contributed by atoms with Crippen molar-refractivity contribution in [3.8, 4) is 16.9 Å². The Labute approximate surface area is 253 Å². The molecule has 5 N–H and O–H groups in total. The largest absolute Gasteiger partial charge is 0.527 e. The highest BCUT2D eigenvalue weighted by molar-refractivity contribution is 7.98. The molecule has 226 valence electrons. The number of rotatable bonds is 11. The summed E-state index contributed by atoms with van der Waals surface area (Å²) in [5.41, 5.74) is 10.9. The van der Waals surface area contributed by atoms with Gasteiger partial charge in [-0.2, -0.15) is 11.8 Å². The van der Waals surface area contributed by atoms with Gasteiger partial charge in [-0.05, 0) is 58.4 Å². The van der Waals surface area contributed by atoms with Gasteiger partial charge in [-0.25, -0.2) is 9.36 Å². The fourth-order valence-electron chi connectivity index (χ4n) is 5.28. The fourth-order valence-corrected chi connectivity index (χ4v) is 6.54. The van der Waals surface area contributed by atoms with Crippen molar-refractivity contribution in [3.05, 3.63) is 89.0 Å². The average Bonchev–Trinajstić information content (AvgIpc) is 3.31.